The fraction of sp³-hybridized carbons (Fsp3) is 0.667. The average molecular weight is 208 g/mol. The van der Waals surface area contributed by atoms with E-state index < -0.39 is 0 Å². The molecule has 1 saturated carbocycles. The molecule has 1 aromatic heterocycles. The van der Waals surface area contributed by atoms with Gasteiger partial charge in [-0.05, 0) is 37.9 Å². The molecule has 2 rings (SSSR count). The molecule has 2 atom stereocenters. The lowest BCUT2D eigenvalue weighted by Crippen LogP contribution is -2.33. The van der Waals surface area contributed by atoms with E-state index in [2.05, 4.69) is 11.8 Å². The summed E-state index contributed by atoms with van der Waals surface area (Å²) in [7, 11) is 0. The van der Waals surface area contributed by atoms with Crippen LogP contribution in [0.4, 0.5) is 0 Å². The molecule has 0 spiro atoms. The molecule has 0 aromatic carbocycles. The largest absolute Gasteiger partial charge is 0.468 e. The Hall–Kier alpha value is -0.800. The minimum atomic E-state index is 0.403. The van der Waals surface area contributed by atoms with Gasteiger partial charge in [0.2, 0.25) is 0 Å². The van der Waals surface area contributed by atoms with E-state index >= 15 is 0 Å². The van der Waals surface area contributed by atoms with E-state index in [1.807, 2.05) is 12.1 Å². The summed E-state index contributed by atoms with van der Waals surface area (Å²) in [6, 6.07) is 5.04. The zero-order chi connectivity index (χ0) is 10.7. The summed E-state index contributed by atoms with van der Waals surface area (Å²) in [4.78, 5) is 2.46. The van der Waals surface area contributed by atoms with Gasteiger partial charge in [0, 0.05) is 12.1 Å². The topological polar surface area (TPSA) is 42.4 Å². The van der Waals surface area contributed by atoms with E-state index in [9.17, 15) is 0 Å². The van der Waals surface area contributed by atoms with Crippen molar-refractivity contribution in [1.29, 1.82) is 0 Å². The molecule has 15 heavy (non-hydrogen) atoms. The van der Waals surface area contributed by atoms with E-state index in [0.717, 1.165) is 25.3 Å². The molecule has 2 N–H and O–H groups in total. The van der Waals surface area contributed by atoms with E-state index in [-0.39, 0.29) is 0 Å². The molecule has 2 unspecified atom stereocenters. The number of nitrogens with two attached hydrogens (primary N) is 1. The summed E-state index contributed by atoms with van der Waals surface area (Å²) in [5, 5.41) is 0. The molecule has 1 aromatic rings. The SMILES string of the molecule is CCN(Cc1ccco1)C1CCC(N)C1. The molecule has 0 saturated heterocycles. The number of nitrogens with zero attached hydrogens (tertiary/aromatic N) is 1. The third kappa shape index (κ3) is 2.61. The summed E-state index contributed by atoms with van der Waals surface area (Å²) in [5.74, 6) is 1.05. The Balaban J connectivity index is 1.92. The lowest BCUT2D eigenvalue weighted by Gasteiger charge is -2.26. The number of furan rings is 1. The maximum Gasteiger partial charge on any atom is 0.117 e. The van der Waals surface area contributed by atoms with Crippen molar-refractivity contribution in [3.05, 3.63) is 24.2 Å². The Labute approximate surface area is 91.2 Å². The first kappa shape index (κ1) is 10.7. The quantitative estimate of drug-likeness (QED) is 0.822. The van der Waals surface area contributed by atoms with Gasteiger partial charge in [0.25, 0.3) is 0 Å². The summed E-state index contributed by atoms with van der Waals surface area (Å²) >= 11 is 0. The highest BCUT2D eigenvalue weighted by Crippen LogP contribution is 2.24. The van der Waals surface area contributed by atoms with Crippen molar-refractivity contribution in [2.75, 3.05) is 6.54 Å². The molecule has 3 heteroatoms. The van der Waals surface area contributed by atoms with Crippen molar-refractivity contribution in [2.45, 2.75) is 44.8 Å². The molecular weight excluding hydrogens is 188 g/mol. The van der Waals surface area contributed by atoms with Crippen LogP contribution in [-0.4, -0.2) is 23.5 Å². The second-order valence-corrected chi connectivity index (χ2v) is 4.37. The molecule has 0 amide bonds. The molecule has 1 fully saturated rings. The summed E-state index contributed by atoms with van der Waals surface area (Å²) in [6.45, 7) is 4.19. The van der Waals surface area contributed by atoms with Crippen molar-refractivity contribution < 1.29 is 4.42 Å². The average Bonchev–Trinajstić information content (AvgIpc) is 2.85. The Bertz CT molecular complexity index is 284. The highest BCUT2D eigenvalue weighted by atomic mass is 16.3. The second-order valence-electron chi connectivity index (χ2n) is 4.37. The van der Waals surface area contributed by atoms with Crippen molar-refractivity contribution in [3.8, 4) is 0 Å². The second kappa shape index (κ2) is 4.81. The Morgan fingerprint density at radius 1 is 1.53 bits per heavy atom. The zero-order valence-corrected chi connectivity index (χ0v) is 9.36. The van der Waals surface area contributed by atoms with Gasteiger partial charge in [-0.2, -0.15) is 0 Å². The van der Waals surface area contributed by atoms with Crippen molar-refractivity contribution >= 4 is 0 Å². The molecule has 0 bridgehead atoms. The van der Waals surface area contributed by atoms with Crippen LogP contribution >= 0.6 is 0 Å². The van der Waals surface area contributed by atoms with Gasteiger partial charge in [0.15, 0.2) is 0 Å². The Kier molecular flexibility index (Phi) is 3.44. The van der Waals surface area contributed by atoms with Gasteiger partial charge in [-0.1, -0.05) is 6.92 Å². The molecule has 1 aliphatic rings. The van der Waals surface area contributed by atoms with Crippen molar-refractivity contribution in [2.24, 2.45) is 5.73 Å². The lowest BCUT2D eigenvalue weighted by atomic mass is 10.2. The van der Waals surface area contributed by atoms with Crippen molar-refractivity contribution in [3.63, 3.8) is 0 Å². The highest BCUT2D eigenvalue weighted by molar-refractivity contribution is 4.99. The third-order valence-corrected chi connectivity index (χ3v) is 3.31. The van der Waals surface area contributed by atoms with Crippen LogP contribution in [0.3, 0.4) is 0 Å². The fourth-order valence-electron chi connectivity index (χ4n) is 2.43. The number of hydrogen-bond donors (Lipinski definition) is 1. The van der Waals surface area contributed by atoms with Crippen LogP contribution in [0.2, 0.25) is 0 Å². The van der Waals surface area contributed by atoms with Crippen LogP contribution in [0.5, 0.6) is 0 Å². The van der Waals surface area contributed by atoms with E-state index in [4.69, 9.17) is 10.2 Å². The Morgan fingerprint density at radius 3 is 2.93 bits per heavy atom. The summed E-state index contributed by atoms with van der Waals surface area (Å²) in [6.07, 6.45) is 5.27. The van der Waals surface area contributed by atoms with Crippen LogP contribution in [-0.2, 0) is 6.54 Å². The van der Waals surface area contributed by atoms with Crippen LogP contribution in [0.25, 0.3) is 0 Å². The normalized spacial score (nSPS) is 26.3. The van der Waals surface area contributed by atoms with E-state index in [1.165, 1.54) is 12.8 Å². The number of hydrogen-bond acceptors (Lipinski definition) is 3. The van der Waals surface area contributed by atoms with Crippen LogP contribution in [0, 0.1) is 0 Å². The van der Waals surface area contributed by atoms with Gasteiger partial charge in [-0.15, -0.1) is 0 Å². The van der Waals surface area contributed by atoms with Crippen LogP contribution in [0.1, 0.15) is 31.9 Å². The maximum atomic E-state index is 5.94. The predicted octanol–water partition coefficient (Wildman–Crippen LogP) is 1.98. The molecule has 0 radical (unpaired) electrons. The van der Waals surface area contributed by atoms with Gasteiger partial charge < -0.3 is 10.2 Å². The summed E-state index contributed by atoms with van der Waals surface area (Å²) in [5.41, 5.74) is 5.94. The maximum absolute atomic E-state index is 5.94. The molecule has 1 heterocycles. The van der Waals surface area contributed by atoms with Gasteiger partial charge in [-0.3, -0.25) is 4.90 Å². The molecule has 84 valence electrons. The standard InChI is InChI=1S/C12H20N2O/c1-2-14(9-12-4-3-7-15-12)11-6-5-10(13)8-11/h3-4,7,10-11H,2,5-6,8-9,13H2,1H3. The van der Waals surface area contributed by atoms with Crippen LogP contribution in [0.15, 0.2) is 22.8 Å². The molecule has 1 aliphatic carbocycles. The van der Waals surface area contributed by atoms with E-state index in [1.54, 1.807) is 6.26 Å². The first-order chi connectivity index (χ1) is 7.29. The summed E-state index contributed by atoms with van der Waals surface area (Å²) < 4.78 is 5.38. The van der Waals surface area contributed by atoms with Gasteiger partial charge in [0.05, 0.1) is 12.8 Å². The first-order valence-electron chi connectivity index (χ1n) is 5.81. The molecule has 0 aliphatic heterocycles. The van der Waals surface area contributed by atoms with Crippen LogP contribution < -0.4 is 5.73 Å². The third-order valence-electron chi connectivity index (χ3n) is 3.31. The molecule has 3 nitrogen and oxygen atoms in total. The number of rotatable bonds is 4. The smallest absolute Gasteiger partial charge is 0.117 e. The minimum Gasteiger partial charge on any atom is -0.468 e. The lowest BCUT2D eigenvalue weighted by molar-refractivity contribution is 0.184. The van der Waals surface area contributed by atoms with E-state index in [0.29, 0.717) is 12.1 Å². The van der Waals surface area contributed by atoms with Gasteiger partial charge in [0.1, 0.15) is 5.76 Å². The molecular formula is C12H20N2O. The van der Waals surface area contributed by atoms with Gasteiger partial charge in [-0.25, -0.2) is 0 Å². The Morgan fingerprint density at radius 2 is 2.40 bits per heavy atom. The van der Waals surface area contributed by atoms with Crippen molar-refractivity contribution in [1.82, 2.24) is 4.90 Å². The minimum absolute atomic E-state index is 0.403. The monoisotopic (exact) mass is 208 g/mol. The first-order valence-corrected chi connectivity index (χ1v) is 5.81. The highest BCUT2D eigenvalue weighted by Gasteiger charge is 2.26. The predicted molar refractivity (Wildman–Crippen MR) is 60.4 cm³/mol. The van der Waals surface area contributed by atoms with Gasteiger partial charge >= 0.3 is 0 Å². The fourth-order valence-corrected chi connectivity index (χ4v) is 2.43. The zero-order valence-electron chi connectivity index (χ0n) is 9.36.